The number of hydrogen-bond acceptors (Lipinski definition) is 7. The molecule has 2 N–H and O–H groups in total. The Hall–Kier alpha value is -3.66. The van der Waals surface area contributed by atoms with Crippen LogP contribution in [0.4, 0.5) is 0 Å². The third-order valence-corrected chi connectivity index (χ3v) is 9.09. The number of allylic oxidation sites excluding steroid dienone is 1. The van der Waals surface area contributed by atoms with Gasteiger partial charge < -0.3 is 15.2 Å². The number of aliphatic hydroxyl groups excluding tert-OH is 1. The van der Waals surface area contributed by atoms with Crippen molar-refractivity contribution in [3.63, 3.8) is 0 Å². The summed E-state index contributed by atoms with van der Waals surface area (Å²) in [5, 5.41) is 17.6. The molecule has 5 rings (SSSR count). The van der Waals surface area contributed by atoms with Crippen LogP contribution in [0.5, 0.6) is 0 Å². The smallest absolute Gasteiger partial charge is 0.261 e. The Kier molecular flexibility index (Phi) is 8.77. The monoisotopic (exact) mass is 571 g/mol. The molecule has 3 aromatic heterocycles. The maximum absolute atomic E-state index is 13.1. The summed E-state index contributed by atoms with van der Waals surface area (Å²) in [7, 11) is 1.93. The molecule has 4 heterocycles. The number of hydrogen-bond donors (Lipinski definition) is 2. The molecule has 1 aliphatic heterocycles. The van der Waals surface area contributed by atoms with E-state index in [0.29, 0.717) is 24.0 Å². The van der Waals surface area contributed by atoms with Gasteiger partial charge in [0, 0.05) is 41.2 Å². The SMILES string of the molecule is CCC(C)/C(=C\c1ncnc(-c2ccc(C(CO)NC(=O)c3cc4c(s3)CCOC4)c(C)c2)c1C)c1cnn(C)c1. The molecule has 0 radical (unpaired) electrons. The molecule has 0 fully saturated rings. The predicted octanol–water partition coefficient (Wildman–Crippen LogP) is 5.68. The Bertz CT molecular complexity index is 1560. The van der Waals surface area contributed by atoms with Crippen LogP contribution in [0.1, 0.15) is 74.4 Å². The van der Waals surface area contributed by atoms with E-state index in [-0.39, 0.29) is 12.5 Å². The lowest BCUT2D eigenvalue weighted by molar-refractivity contribution is 0.0919. The maximum Gasteiger partial charge on any atom is 0.261 e. The Morgan fingerprint density at radius 2 is 2.10 bits per heavy atom. The molecule has 1 aromatic carbocycles. The standard InChI is InChI=1S/C32H37N5O3S/c1-6-19(2)26(24-14-35-37(5)15-24)13-27-21(4)31(34-18-33-27)22-7-8-25(20(3)11-22)28(16-38)36-32(39)30-12-23-17-40-10-9-29(23)41-30/h7-8,11-15,18-19,28,38H,6,9-10,16-17H2,1-5H3,(H,36,39)/b26-13+. The van der Waals surface area contributed by atoms with Gasteiger partial charge in [0.05, 0.1) is 48.3 Å². The molecule has 214 valence electrons. The van der Waals surface area contributed by atoms with Crippen molar-refractivity contribution in [2.24, 2.45) is 13.0 Å². The van der Waals surface area contributed by atoms with E-state index in [2.05, 4.69) is 46.4 Å². The Morgan fingerprint density at radius 3 is 2.78 bits per heavy atom. The number of fused-ring (bicyclic) bond motifs is 1. The average Bonchev–Trinajstić information content (AvgIpc) is 3.61. The minimum absolute atomic E-state index is 0.180. The molecule has 8 nitrogen and oxygen atoms in total. The number of ether oxygens (including phenoxy) is 1. The van der Waals surface area contributed by atoms with Gasteiger partial charge in [-0.15, -0.1) is 11.3 Å². The third kappa shape index (κ3) is 6.17. The topological polar surface area (TPSA) is 102 Å². The second-order valence-electron chi connectivity index (χ2n) is 10.7. The first-order valence-electron chi connectivity index (χ1n) is 14.0. The molecule has 41 heavy (non-hydrogen) atoms. The molecule has 0 bridgehead atoms. The van der Waals surface area contributed by atoms with E-state index < -0.39 is 6.04 Å². The molecule has 2 atom stereocenters. The van der Waals surface area contributed by atoms with Crippen LogP contribution in [0.2, 0.25) is 0 Å². The van der Waals surface area contributed by atoms with Gasteiger partial charge in [0.25, 0.3) is 5.91 Å². The van der Waals surface area contributed by atoms with Gasteiger partial charge in [-0.3, -0.25) is 9.48 Å². The summed E-state index contributed by atoms with van der Waals surface area (Å²) in [6.45, 7) is 9.48. The Labute approximate surface area is 245 Å². The fourth-order valence-electron chi connectivity index (χ4n) is 5.27. The zero-order valence-electron chi connectivity index (χ0n) is 24.3. The minimum Gasteiger partial charge on any atom is -0.394 e. The van der Waals surface area contributed by atoms with Crippen molar-refractivity contribution < 1.29 is 14.6 Å². The highest BCUT2D eigenvalue weighted by molar-refractivity contribution is 7.14. The number of nitrogens with zero attached hydrogens (tertiary/aromatic N) is 4. The van der Waals surface area contributed by atoms with Crippen LogP contribution in [0.25, 0.3) is 22.9 Å². The summed E-state index contributed by atoms with van der Waals surface area (Å²) in [5.41, 5.74) is 8.88. The normalized spacial score (nSPS) is 14.9. The fourth-order valence-corrected chi connectivity index (χ4v) is 6.32. The second-order valence-corrected chi connectivity index (χ2v) is 11.8. The number of thiophene rings is 1. The first kappa shape index (κ1) is 28.9. The highest BCUT2D eigenvalue weighted by Crippen LogP contribution is 2.32. The van der Waals surface area contributed by atoms with Gasteiger partial charge in [0.1, 0.15) is 6.33 Å². The van der Waals surface area contributed by atoms with Gasteiger partial charge in [-0.1, -0.05) is 26.0 Å². The number of aromatic nitrogens is 4. The molecule has 4 aromatic rings. The molecule has 1 amide bonds. The molecule has 0 saturated heterocycles. The van der Waals surface area contributed by atoms with Crippen LogP contribution in [-0.2, 0) is 24.8 Å². The van der Waals surface area contributed by atoms with Gasteiger partial charge in [-0.05, 0) is 66.7 Å². The Morgan fingerprint density at radius 1 is 1.27 bits per heavy atom. The number of nitrogens with one attached hydrogen (secondary N) is 1. The lowest BCUT2D eigenvalue weighted by Gasteiger charge is -2.19. The molecule has 0 spiro atoms. The summed E-state index contributed by atoms with van der Waals surface area (Å²) in [5.74, 6) is 0.165. The molecular weight excluding hydrogens is 534 g/mol. The van der Waals surface area contributed by atoms with E-state index in [4.69, 9.17) is 4.74 Å². The van der Waals surface area contributed by atoms with E-state index >= 15 is 0 Å². The van der Waals surface area contributed by atoms with Crippen molar-refractivity contribution >= 4 is 28.9 Å². The van der Waals surface area contributed by atoms with Crippen LogP contribution in [0.15, 0.2) is 43.0 Å². The quantitative estimate of drug-likeness (QED) is 0.268. The number of aliphatic hydroxyl groups is 1. The van der Waals surface area contributed by atoms with Gasteiger partial charge in [-0.2, -0.15) is 5.10 Å². The van der Waals surface area contributed by atoms with E-state index in [1.54, 1.807) is 6.33 Å². The molecule has 0 aliphatic carbocycles. The molecular formula is C32H37N5O3S. The van der Waals surface area contributed by atoms with Crippen molar-refractivity contribution in [1.82, 2.24) is 25.1 Å². The molecule has 1 aliphatic rings. The van der Waals surface area contributed by atoms with Crippen molar-refractivity contribution in [2.75, 3.05) is 13.2 Å². The lowest BCUT2D eigenvalue weighted by Crippen LogP contribution is -2.30. The first-order valence-corrected chi connectivity index (χ1v) is 14.8. The van der Waals surface area contributed by atoms with Crippen molar-refractivity contribution in [3.05, 3.63) is 86.3 Å². The van der Waals surface area contributed by atoms with Crippen LogP contribution in [0, 0.1) is 19.8 Å². The number of rotatable bonds is 9. The largest absolute Gasteiger partial charge is 0.394 e. The zero-order valence-corrected chi connectivity index (χ0v) is 25.1. The summed E-state index contributed by atoms with van der Waals surface area (Å²) >= 11 is 1.51. The molecule has 9 heteroatoms. The van der Waals surface area contributed by atoms with Crippen LogP contribution in [-0.4, -0.2) is 44.0 Å². The zero-order chi connectivity index (χ0) is 29.1. The molecule has 2 unspecified atom stereocenters. The maximum atomic E-state index is 13.1. The highest BCUT2D eigenvalue weighted by atomic mass is 32.1. The van der Waals surface area contributed by atoms with Crippen molar-refractivity contribution in [2.45, 2.75) is 53.2 Å². The van der Waals surface area contributed by atoms with Crippen molar-refractivity contribution in [1.29, 1.82) is 0 Å². The summed E-state index contributed by atoms with van der Waals surface area (Å²) in [6, 6.07) is 7.41. The average molecular weight is 572 g/mol. The number of carbonyl (C=O) groups is 1. The van der Waals surface area contributed by atoms with Gasteiger partial charge in [0.15, 0.2) is 0 Å². The fraction of sp³-hybridized carbons (Fsp3) is 0.375. The van der Waals surface area contributed by atoms with Crippen molar-refractivity contribution in [3.8, 4) is 11.3 Å². The summed E-state index contributed by atoms with van der Waals surface area (Å²) in [4.78, 5) is 24.2. The van der Waals surface area contributed by atoms with E-state index in [1.807, 2.05) is 56.2 Å². The van der Waals surface area contributed by atoms with Crippen LogP contribution < -0.4 is 5.32 Å². The summed E-state index contributed by atoms with van der Waals surface area (Å²) < 4.78 is 7.33. The van der Waals surface area contributed by atoms with Crippen LogP contribution in [0.3, 0.4) is 0 Å². The van der Waals surface area contributed by atoms with E-state index in [0.717, 1.165) is 57.6 Å². The van der Waals surface area contributed by atoms with E-state index in [1.165, 1.54) is 21.8 Å². The van der Waals surface area contributed by atoms with Gasteiger partial charge in [-0.25, -0.2) is 9.97 Å². The number of amides is 1. The summed E-state index contributed by atoms with van der Waals surface area (Å²) in [6.07, 6.45) is 9.53. The van der Waals surface area contributed by atoms with E-state index in [9.17, 15) is 9.90 Å². The number of benzene rings is 1. The first-order chi connectivity index (χ1) is 19.8. The van der Waals surface area contributed by atoms with Crippen LogP contribution >= 0.6 is 11.3 Å². The molecule has 0 saturated carbocycles. The number of aryl methyl sites for hydroxylation is 2. The van der Waals surface area contributed by atoms with Gasteiger partial charge >= 0.3 is 0 Å². The minimum atomic E-state index is -0.519. The second kappa shape index (κ2) is 12.5. The van der Waals surface area contributed by atoms with Gasteiger partial charge in [0.2, 0.25) is 0 Å². The number of carbonyl (C=O) groups excluding carboxylic acids is 1. The predicted molar refractivity (Wildman–Crippen MR) is 162 cm³/mol. The highest BCUT2D eigenvalue weighted by Gasteiger charge is 2.22. The Balaban J connectivity index is 1.41. The third-order valence-electron chi connectivity index (χ3n) is 7.85. The lowest BCUT2D eigenvalue weighted by atomic mass is 9.91.